The van der Waals surface area contributed by atoms with Crippen LogP contribution in [-0.2, 0) is 0 Å². The molecule has 5 heteroatoms. The third-order valence-electron chi connectivity index (χ3n) is 5.49. The van der Waals surface area contributed by atoms with Gasteiger partial charge in [-0.15, -0.1) is 24.0 Å². The molecular formula is C17H35IN4. The van der Waals surface area contributed by atoms with Crippen molar-refractivity contribution in [2.24, 2.45) is 10.4 Å². The molecule has 1 aliphatic carbocycles. The fourth-order valence-corrected chi connectivity index (χ4v) is 3.76. The highest BCUT2D eigenvalue weighted by Gasteiger charge is 2.39. The molecule has 1 aliphatic heterocycles. The molecule has 1 spiro atoms. The van der Waals surface area contributed by atoms with Crippen LogP contribution in [0.1, 0.15) is 52.4 Å². The third-order valence-corrected chi connectivity index (χ3v) is 5.49. The Balaban J connectivity index is 0.00000242. The van der Waals surface area contributed by atoms with Crippen LogP contribution in [0, 0.1) is 5.41 Å². The SMILES string of the molecule is CN=C(NCCN(C)C(C)C)N1CCC2(CCCCC2)C1.I. The highest BCUT2D eigenvalue weighted by molar-refractivity contribution is 14.0. The molecule has 1 saturated carbocycles. The topological polar surface area (TPSA) is 30.9 Å². The molecule has 0 aromatic carbocycles. The molecule has 0 amide bonds. The number of nitrogens with zero attached hydrogens (tertiary/aromatic N) is 3. The summed E-state index contributed by atoms with van der Waals surface area (Å²) in [5.74, 6) is 1.11. The normalized spacial score (nSPS) is 21.5. The van der Waals surface area contributed by atoms with Crippen molar-refractivity contribution in [1.29, 1.82) is 0 Å². The van der Waals surface area contributed by atoms with Gasteiger partial charge < -0.3 is 15.1 Å². The summed E-state index contributed by atoms with van der Waals surface area (Å²) in [6.45, 7) is 8.91. The number of nitrogens with one attached hydrogen (secondary N) is 1. The van der Waals surface area contributed by atoms with Crippen molar-refractivity contribution in [3.63, 3.8) is 0 Å². The maximum Gasteiger partial charge on any atom is 0.193 e. The molecule has 0 aromatic rings. The van der Waals surface area contributed by atoms with Gasteiger partial charge in [0.05, 0.1) is 0 Å². The van der Waals surface area contributed by atoms with Gasteiger partial charge in [-0.2, -0.15) is 0 Å². The first-order chi connectivity index (χ1) is 10.1. The van der Waals surface area contributed by atoms with E-state index in [0.717, 1.165) is 19.0 Å². The number of likely N-dealkylation sites (N-methyl/N-ethyl adjacent to an activating group) is 1. The smallest absolute Gasteiger partial charge is 0.193 e. The van der Waals surface area contributed by atoms with Gasteiger partial charge in [0.1, 0.15) is 0 Å². The van der Waals surface area contributed by atoms with Gasteiger partial charge >= 0.3 is 0 Å². The Hall–Kier alpha value is -0.0400. The van der Waals surface area contributed by atoms with Gasteiger partial charge in [-0.25, -0.2) is 0 Å². The summed E-state index contributed by atoms with van der Waals surface area (Å²) < 4.78 is 0. The van der Waals surface area contributed by atoms with Crippen molar-refractivity contribution >= 4 is 29.9 Å². The van der Waals surface area contributed by atoms with E-state index in [2.05, 4.69) is 41.0 Å². The second kappa shape index (κ2) is 9.30. The van der Waals surface area contributed by atoms with E-state index in [0.29, 0.717) is 11.5 Å². The number of hydrogen-bond donors (Lipinski definition) is 1. The standard InChI is InChI=1S/C17H34N4.HI/c1-15(2)20(4)13-11-19-16(18-3)21-12-10-17(14-21)8-6-5-7-9-17;/h15H,5-14H2,1-4H3,(H,18,19);1H. The van der Waals surface area contributed by atoms with Crippen molar-refractivity contribution < 1.29 is 0 Å². The molecule has 2 aliphatic rings. The summed E-state index contributed by atoms with van der Waals surface area (Å²) in [4.78, 5) is 9.36. The van der Waals surface area contributed by atoms with E-state index in [1.807, 2.05) is 7.05 Å². The lowest BCUT2D eigenvalue weighted by Crippen LogP contribution is -2.44. The first kappa shape index (κ1) is 20.0. The Morgan fingerprint density at radius 3 is 2.50 bits per heavy atom. The zero-order valence-electron chi connectivity index (χ0n) is 14.9. The lowest BCUT2D eigenvalue weighted by Gasteiger charge is -2.33. The molecular weight excluding hydrogens is 387 g/mol. The van der Waals surface area contributed by atoms with Crippen molar-refractivity contribution in [1.82, 2.24) is 15.1 Å². The van der Waals surface area contributed by atoms with Crippen LogP contribution < -0.4 is 5.32 Å². The van der Waals surface area contributed by atoms with E-state index in [1.54, 1.807) is 0 Å². The van der Waals surface area contributed by atoms with Crippen LogP contribution in [0.2, 0.25) is 0 Å². The predicted octanol–water partition coefficient (Wildman–Crippen LogP) is 3.18. The van der Waals surface area contributed by atoms with Gasteiger partial charge in [-0.05, 0) is 45.6 Å². The van der Waals surface area contributed by atoms with Crippen LogP contribution in [0.25, 0.3) is 0 Å². The van der Waals surface area contributed by atoms with Crippen LogP contribution in [-0.4, -0.2) is 62.1 Å². The molecule has 1 heterocycles. The quantitative estimate of drug-likeness (QED) is 0.429. The van der Waals surface area contributed by atoms with Crippen molar-refractivity contribution in [3.05, 3.63) is 0 Å². The molecule has 0 bridgehead atoms. The van der Waals surface area contributed by atoms with Crippen LogP contribution in [0.4, 0.5) is 0 Å². The second-order valence-corrected chi connectivity index (χ2v) is 7.28. The summed E-state index contributed by atoms with van der Waals surface area (Å²) in [5.41, 5.74) is 0.602. The second-order valence-electron chi connectivity index (χ2n) is 7.28. The number of likely N-dealkylation sites (tertiary alicyclic amines) is 1. The summed E-state index contributed by atoms with van der Waals surface area (Å²) in [6, 6.07) is 0.603. The summed E-state index contributed by atoms with van der Waals surface area (Å²) in [7, 11) is 4.10. The number of guanidine groups is 1. The minimum Gasteiger partial charge on any atom is -0.355 e. The molecule has 2 fully saturated rings. The summed E-state index contributed by atoms with van der Waals surface area (Å²) in [5, 5.41) is 3.55. The lowest BCUT2D eigenvalue weighted by atomic mass is 9.73. The average Bonchev–Trinajstić information content (AvgIpc) is 2.87. The van der Waals surface area contributed by atoms with Crippen LogP contribution in [0.3, 0.4) is 0 Å². The largest absolute Gasteiger partial charge is 0.355 e. The lowest BCUT2D eigenvalue weighted by molar-refractivity contribution is 0.203. The van der Waals surface area contributed by atoms with Gasteiger partial charge in [0.25, 0.3) is 0 Å². The molecule has 22 heavy (non-hydrogen) atoms. The Kier molecular flexibility index (Phi) is 8.46. The minimum absolute atomic E-state index is 0. The van der Waals surface area contributed by atoms with E-state index in [9.17, 15) is 0 Å². The van der Waals surface area contributed by atoms with E-state index in [4.69, 9.17) is 0 Å². The molecule has 4 nitrogen and oxygen atoms in total. The van der Waals surface area contributed by atoms with E-state index >= 15 is 0 Å². The minimum atomic E-state index is 0. The van der Waals surface area contributed by atoms with Gasteiger partial charge in [0.2, 0.25) is 0 Å². The monoisotopic (exact) mass is 422 g/mol. The molecule has 0 radical (unpaired) electrons. The molecule has 0 unspecified atom stereocenters. The maximum absolute atomic E-state index is 4.50. The van der Waals surface area contributed by atoms with Crippen molar-refractivity contribution in [2.45, 2.75) is 58.4 Å². The first-order valence-corrected chi connectivity index (χ1v) is 8.72. The van der Waals surface area contributed by atoms with E-state index in [1.165, 1.54) is 51.6 Å². The van der Waals surface area contributed by atoms with Crippen molar-refractivity contribution in [3.8, 4) is 0 Å². The zero-order chi connectivity index (χ0) is 15.3. The van der Waals surface area contributed by atoms with Crippen LogP contribution in [0.5, 0.6) is 0 Å². The Morgan fingerprint density at radius 2 is 1.91 bits per heavy atom. The fourth-order valence-electron chi connectivity index (χ4n) is 3.76. The predicted molar refractivity (Wildman–Crippen MR) is 106 cm³/mol. The fraction of sp³-hybridized carbons (Fsp3) is 0.941. The molecule has 0 aromatic heterocycles. The molecule has 1 saturated heterocycles. The molecule has 0 atom stereocenters. The Bertz CT molecular complexity index is 351. The van der Waals surface area contributed by atoms with Gasteiger partial charge in [0, 0.05) is 39.3 Å². The molecule has 130 valence electrons. The Labute approximate surface area is 154 Å². The molecule has 2 rings (SSSR count). The average molecular weight is 422 g/mol. The number of halogens is 1. The molecule has 1 N–H and O–H groups in total. The Morgan fingerprint density at radius 1 is 1.23 bits per heavy atom. The highest BCUT2D eigenvalue weighted by Crippen LogP contribution is 2.43. The van der Waals surface area contributed by atoms with Gasteiger partial charge in [-0.1, -0.05) is 19.3 Å². The highest BCUT2D eigenvalue weighted by atomic mass is 127. The van der Waals surface area contributed by atoms with Crippen molar-refractivity contribution in [2.75, 3.05) is 40.3 Å². The van der Waals surface area contributed by atoms with E-state index in [-0.39, 0.29) is 24.0 Å². The zero-order valence-corrected chi connectivity index (χ0v) is 17.2. The number of rotatable bonds is 4. The van der Waals surface area contributed by atoms with Crippen LogP contribution in [0.15, 0.2) is 4.99 Å². The first-order valence-electron chi connectivity index (χ1n) is 8.72. The summed E-state index contributed by atoms with van der Waals surface area (Å²) in [6.07, 6.45) is 8.52. The van der Waals surface area contributed by atoms with E-state index < -0.39 is 0 Å². The van der Waals surface area contributed by atoms with Crippen LogP contribution >= 0.6 is 24.0 Å². The van der Waals surface area contributed by atoms with Gasteiger partial charge in [0.15, 0.2) is 5.96 Å². The van der Waals surface area contributed by atoms with Gasteiger partial charge in [-0.3, -0.25) is 4.99 Å². The maximum atomic E-state index is 4.50. The number of aliphatic imine (C=N–C) groups is 1. The third kappa shape index (κ3) is 5.25. The summed E-state index contributed by atoms with van der Waals surface area (Å²) >= 11 is 0. The number of hydrogen-bond acceptors (Lipinski definition) is 2.